The summed E-state index contributed by atoms with van der Waals surface area (Å²) in [6, 6.07) is 12.6. The highest BCUT2D eigenvalue weighted by molar-refractivity contribution is 14.0. The number of phenolic OH excluding ortho intramolecular Hbond substituents is 1. The van der Waals surface area contributed by atoms with Crippen molar-refractivity contribution in [2.24, 2.45) is 4.99 Å². The van der Waals surface area contributed by atoms with E-state index in [0.717, 1.165) is 12.1 Å². The standard InChI is InChI=1S/C18H22FN3O.HI/c1-3-20-18(21-11-14-6-4-13(2)5-7-14)22-12-15-8-9-17(23)16(19)10-15;/h4-10,23H,3,11-12H2,1-2H3,(H2,20,21,22);1H. The minimum Gasteiger partial charge on any atom is -0.505 e. The third kappa shape index (κ3) is 6.35. The van der Waals surface area contributed by atoms with Gasteiger partial charge in [0.25, 0.3) is 0 Å². The average molecular weight is 443 g/mol. The first-order chi connectivity index (χ1) is 11.1. The Hall–Kier alpha value is -1.83. The summed E-state index contributed by atoms with van der Waals surface area (Å²) in [6.07, 6.45) is 0. The monoisotopic (exact) mass is 443 g/mol. The molecule has 130 valence electrons. The van der Waals surface area contributed by atoms with E-state index in [4.69, 9.17) is 0 Å². The molecule has 0 aliphatic heterocycles. The van der Waals surface area contributed by atoms with Crippen LogP contribution in [-0.4, -0.2) is 17.6 Å². The number of aromatic hydroxyl groups is 1. The van der Waals surface area contributed by atoms with Crippen molar-refractivity contribution in [3.63, 3.8) is 0 Å². The van der Waals surface area contributed by atoms with Gasteiger partial charge >= 0.3 is 0 Å². The molecular weight excluding hydrogens is 420 g/mol. The Balaban J connectivity index is 0.00000288. The Labute approximate surface area is 159 Å². The summed E-state index contributed by atoms with van der Waals surface area (Å²) in [4.78, 5) is 4.43. The molecule has 0 aliphatic rings. The van der Waals surface area contributed by atoms with Gasteiger partial charge in [-0.25, -0.2) is 9.38 Å². The minimum absolute atomic E-state index is 0. The van der Waals surface area contributed by atoms with Gasteiger partial charge in [-0.3, -0.25) is 0 Å². The molecule has 3 N–H and O–H groups in total. The summed E-state index contributed by atoms with van der Waals surface area (Å²) >= 11 is 0. The maximum Gasteiger partial charge on any atom is 0.191 e. The van der Waals surface area contributed by atoms with E-state index in [9.17, 15) is 9.50 Å². The van der Waals surface area contributed by atoms with E-state index < -0.39 is 5.82 Å². The number of nitrogens with one attached hydrogen (secondary N) is 2. The Kier molecular flexibility index (Phi) is 8.53. The first-order valence-electron chi connectivity index (χ1n) is 7.63. The summed E-state index contributed by atoms with van der Waals surface area (Å²) in [6.45, 7) is 5.78. The third-order valence-electron chi connectivity index (χ3n) is 3.36. The van der Waals surface area contributed by atoms with E-state index in [1.54, 1.807) is 6.07 Å². The van der Waals surface area contributed by atoms with Gasteiger partial charge in [-0.1, -0.05) is 35.9 Å². The van der Waals surface area contributed by atoms with Gasteiger partial charge in [0, 0.05) is 13.1 Å². The summed E-state index contributed by atoms with van der Waals surface area (Å²) in [7, 11) is 0. The Morgan fingerprint density at radius 1 is 1.08 bits per heavy atom. The number of nitrogens with zero attached hydrogens (tertiary/aromatic N) is 1. The van der Waals surface area contributed by atoms with E-state index in [0.29, 0.717) is 24.6 Å². The quantitative estimate of drug-likeness (QED) is 0.375. The van der Waals surface area contributed by atoms with Crippen molar-refractivity contribution in [2.45, 2.75) is 26.9 Å². The van der Waals surface area contributed by atoms with Gasteiger partial charge in [0.15, 0.2) is 17.5 Å². The van der Waals surface area contributed by atoms with Crippen LogP contribution in [-0.2, 0) is 13.1 Å². The molecule has 0 amide bonds. The highest BCUT2D eigenvalue weighted by Crippen LogP contribution is 2.16. The van der Waals surface area contributed by atoms with Crippen molar-refractivity contribution in [3.8, 4) is 5.75 Å². The molecule has 0 unspecified atom stereocenters. The summed E-state index contributed by atoms with van der Waals surface area (Å²) in [5.41, 5.74) is 3.09. The van der Waals surface area contributed by atoms with Crippen LogP contribution in [0.3, 0.4) is 0 Å². The largest absolute Gasteiger partial charge is 0.505 e. The maximum atomic E-state index is 13.3. The van der Waals surface area contributed by atoms with Crippen molar-refractivity contribution >= 4 is 29.9 Å². The molecule has 24 heavy (non-hydrogen) atoms. The van der Waals surface area contributed by atoms with Crippen LogP contribution in [0.4, 0.5) is 4.39 Å². The SMILES string of the molecule is CCNC(=NCc1ccc(O)c(F)c1)NCc1ccc(C)cc1.I. The van der Waals surface area contributed by atoms with Gasteiger partial charge in [-0.15, -0.1) is 24.0 Å². The predicted molar refractivity (Wildman–Crippen MR) is 106 cm³/mol. The van der Waals surface area contributed by atoms with Gasteiger partial charge in [-0.2, -0.15) is 0 Å². The highest BCUT2D eigenvalue weighted by atomic mass is 127. The first-order valence-corrected chi connectivity index (χ1v) is 7.63. The van der Waals surface area contributed by atoms with E-state index >= 15 is 0 Å². The zero-order chi connectivity index (χ0) is 16.7. The van der Waals surface area contributed by atoms with Crippen LogP contribution in [0.15, 0.2) is 47.5 Å². The lowest BCUT2D eigenvalue weighted by Gasteiger charge is -2.11. The summed E-state index contributed by atoms with van der Waals surface area (Å²) in [5.74, 6) is -0.306. The molecule has 4 nitrogen and oxygen atoms in total. The summed E-state index contributed by atoms with van der Waals surface area (Å²) < 4.78 is 13.3. The Bertz CT molecular complexity index is 674. The second kappa shape index (κ2) is 10.1. The van der Waals surface area contributed by atoms with Crippen molar-refractivity contribution in [1.29, 1.82) is 0 Å². The molecule has 0 spiro atoms. The molecule has 6 heteroatoms. The fraction of sp³-hybridized carbons (Fsp3) is 0.278. The average Bonchev–Trinajstić information content (AvgIpc) is 2.55. The maximum absolute atomic E-state index is 13.3. The van der Waals surface area contributed by atoms with Crippen LogP contribution in [0.1, 0.15) is 23.6 Å². The van der Waals surface area contributed by atoms with Crippen molar-refractivity contribution in [1.82, 2.24) is 10.6 Å². The molecule has 0 fully saturated rings. The van der Waals surface area contributed by atoms with Crippen molar-refractivity contribution in [3.05, 3.63) is 65.0 Å². The minimum atomic E-state index is -0.629. The van der Waals surface area contributed by atoms with E-state index in [2.05, 4.69) is 46.8 Å². The van der Waals surface area contributed by atoms with Crippen LogP contribution in [0, 0.1) is 12.7 Å². The van der Waals surface area contributed by atoms with E-state index in [1.807, 2.05) is 6.92 Å². The lowest BCUT2D eigenvalue weighted by molar-refractivity contribution is 0.432. The molecule has 2 rings (SSSR count). The number of hydrogen-bond donors (Lipinski definition) is 3. The smallest absolute Gasteiger partial charge is 0.191 e. The molecule has 0 bridgehead atoms. The third-order valence-corrected chi connectivity index (χ3v) is 3.36. The van der Waals surface area contributed by atoms with Gasteiger partial charge in [0.2, 0.25) is 0 Å². The number of hydrogen-bond acceptors (Lipinski definition) is 2. The van der Waals surface area contributed by atoms with Gasteiger partial charge in [0.1, 0.15) is 0 Å². The number of phenols is 1. The van der Waals surface area contributed by atoms with Crippen LogP contribution < -0.4 is 10.6 Å². The second-order valence-electron chi connectivity index (χ2n) is 5.32. The van der Waals surface area contributed by atoms with E-state index in [1.165, 1.54) is 17.7 Å². The molecule has 2 aromatic carbocycles. The molecule has 2 aromatic rings. The lowest BCUT2D eigenvalue weighted by Crippen LogP contribution is -2.36. The number of halogens is 2. The second-order valence-corrected chi connectivity index (χ2v) is 5.32. The molecule has 0 aromatic heterocycles. The van der Waals surface area contributed by atoms with E-state index in [-0.39, 0.29) is 29.7 Å². The number of benzene rings is 2. The molecule has 0 heterocycles. The van der Waals surface area contributed by atoms with Crippen LogP contribution >= 0.6 is 24.0 Å². The molecular formula is C18H23FIN3O. The highest BCUT2D eigenvalue weighted by Gasteiger charge is 2.02. The molecule has 0 aliphatic carbocycles. The first kappa shape index (κ1) is 20.2. The lowest BCUT2D eigenvalue weighted by atomic mass is 10.1. The van der Waals surface area contributed by atoms with Crippen LogP contribution in [0.25, 0.3) is 0 Å². The summed E-state index contributed by atoms with van der Waals surface area (Å²) in [5, 5.41) is 15.6. The normalized spacial score (nSPS) is 10.9. The molecule has 0 atom stereocenters. The zero-order valence-electron chi connectivity index (χ0n) is 13.8. The fourth-order valence-corrected chi connectivity index (χ4v) is 2.05. The Morgan fingerprint density at radius 2 is 1.75 bits per heavy atom. The molecule has 0 saturated carbocycles. The van der Waals surface area contributed by atoms with Crippen molar-refractivity contribution < 1.29 is 9.50 Å². The number of guanidine groups is 1. The number of aryl methyl sites for hydroxylation is 1. The molecule has 0 saturated heterocycles. The fourth-order valence-electron chi connectivity index (χ4n) is 2.05. The molecule has 0 radical (unpaired) electrons. The topological polar surface area (TPSA) is 56.7 Å². The van der Waals surface area contributed by atoms with Crippen LogP contribution in [0.5, 0.6) is 5.75 Å². The Morgan fingerprint density at radius 3 is 2.38 bits per heavy atom. The number of aliphatic imine (C=N–C) groups is 1. The van der Waals surface area contributed by atoms with Gasteiger partial charge < -0.3 is 15.7 Å². The van der Waals surface area contributed by atoms with Gasteiger partial charge in [-0.05, 0) is 37.1 Å². The van der Waals surface area contributed by atoms with Crippen LogP contribution in [0.2, 0.25) is 0 Å². The predicted octanol–water partition coefficient (Wildman–Crippen LogP) is 3.71. The zero-order valence-corrected chi connectivity index (χ0v) is 16.2. The van der Waals surface area contributed by atoms with Gasteiger partial charge in [0.05, 0.1) is 6.54 Å². The number of rotatable bonds is 5. The van der Waals surface area contributed by atoms with Crippen molar-refractivity contribution in [2.75, 3.05) is 6.54 Å².